The molecule has 6 heteroatoms. The van der Waals surface area contributed by atoms with Crippen LogP contribution >= 0.6 is 27.5 Å². The summed E-state index contributed by atoms with van der Waals surface area (Å²) in [6.07, 6.45) is 5.18. The normalized spacial score (nSPS) is 11.0. The highest BCUT2D eigenvalue weighted by Crippen LogP contribution is 2.37. The van der Waals surface area contributed by atoms with Crippen molar-refractivity contribution >= 4 is 38.6 Å². The van der Waals surface area contributed by atoms with Crippen molar-refractivity contribution in [2.24, 2.45) is 0 Å². The number of halogens is 2. The zero-order chi connectivity index (χ0) is 15.8. The van der Waals surface area contributed by atoms with Gasteiger partial charge in [0.2, 0.25) is 0 Å². The monoisotopic (exact) mass is 384 g/mol. The Kier molecular flexibility index (Phi) is 3.59. The van der Waals surface area contributed by atoms with Crippen LogP contribution in [0.1, 0.15) is 0 Å². The van der Waals surface area contributed by atoms with Crippen LogP contribution in [0.5, 0.6) is 0 Å². The third-order valence-electron chi connectivity index (χ3n) is 3.54. The van der Waals surface area contributed by atoms with Gasteiger partial charge in [-0.05, 0) is 46.3 Å². The van der Waals surface area contributed by atoms with Gasteiger partial charge in [-0.15, -0.1) is 0 Å². The van der Waals surface area contributed by atoms with E-state index in [1.54, 1.807) is 18.6 Å². The van der Waals surface area contributed by atoms with Crippen LogP contribution in [0, 0.1) is 0 Å². The lowest BCUT2D eigenvalue weighted by Crippen LogP contribution is -1.87. The second kappa shape index (κ2) is 5.76. The van der Waals surface area contributed by atoms with Crippen LogP contribution in [-0.4, -0.2) is 19.9 Å². The first-order valence-electron chi connectivity index (χ1n) is 6.93. The minimum absolute atomic E-state index is 0.591. The summed E-state index contributed by atoms with van der Waals surface area (Å²) >= 11 is 9.50. The van der Waals surface area contributed by atoms with Crippen molar-refractivity contribution in [2.45, 2.75) is 0 Å². The first-order chi connectivity index (χ1) is 11.2. The van der Waals surface area contributed by atoms with Crippen LogP contribution in [0.3, 0.4) is 0 Å². The molecule has 0 radical (unpaired) electrons. The molecule has 0 atom stereocenters. The van der Waals surface area contributed by atoms with Crippen molar-refractivity contribution in [2.75, 3.05) is 0 Å². The first kappa shape index (κ1) is 14.4. The zero-order valence-corrected chi connectivity index (χ0v) is 14.1. The largest absolute Gasteiger partial charge is 0.353 e. The van der Waals surface area contributed by atoms with Crippen molar-refractivity contribution in [3.63, 3.8) is 0 Å². The minimum atomic E-state index is 0.591. The van der Waals surface area contributed by atoms with Gasteiger partial charge >= 0.3 is 0 Å². The molecule has 4 nitrogen and oxygen atoms in total. The molecule has 0 aromatic carbocycles. The molecule has 23 heavy (non-hydrogen) atoms. The third kappa shape index (κ3) is 2.62. The number of nitrogens with one attached hydrogen (secondary N) is 1. The van der Waals surface area contributed by atoms with E-state index in [4.69, 9.17) is 11.6 Å². The number of pyridine rings is 3. The van der Waals surface area contributed by atoms with E-state index in [-0.39, 0.29) is 0 Å². The van der Waals surface area contributed by atoms with E-state index in [9.17, 15) is 0 Å². The number of fused-ring (bicyclic) bond motifs is 1. The second-order valence-electron chi connectivity index (χ2n) is 5.01. The number of nitrogens with zero attached hydrogens (tertiary/aromatic N) is 3. The molecule has 4 aromatic heterocycles. The number of rotatable bonds is 2. The summed E-state index contributed by atoms with van der Waals surface area (Å²) in [4.78, 5) is 16.6. The summed E-state index contributed by atoms with van der Waals surface area (Å²) in [5, 5.41) is 0.591. The Labute approximate surface area is 145 Å². The van der Waals surface area contributed by atoms with Gasteiger partial charge in [0, 0.05) is 24.2 Å². The van der Waals surface area contributed by atoms with E-state index in [0.29, 0.717) is 5.02 Å². The molecule has 0 fully saturated rings. The number of hydrogen-bond acceptors (Lipinski definition) is 3. The van der Waals surface area contributed by atoms with Gasteiger partial charge < -0.3 is 4.98 Å². The Morgan fingerprint density at radius 2 is 1.91 bits per heavy atom. The summed E-state index contributed by atoms with van der Waals surface area (Å²) in [5.41, 5.74) is 5.47. The molecule has 0 aliphatic rings. The Balaban J connectivity index is 2.07. The third-order valence-corrected chi connectivity index (χ3v) is 4.18. The van der Waals surface area contributed by atoms with Gasteiger partial charge in [0.1, 0.15) is 4.60 Å². The predicted octanol–water partition coefficient (Wildman–Crippen LogP) is 5.10. The van der Waals surface area contributed by atoms with Gasteiger partial charge in [-0.25, -0.2) is 4.98 Å². The molecule has 0 aliphatic carbocycles. The summed E-state index contributed by atoms with van der Waals surface area (Å²) in [6, 6.07) is 11.6. The average Bonchev–Trinajstić information content (AvgIpc) is 2.94. The minimum Gasteiger partial charge on any atom is -0.353 e. The molecular formula is C17H10BrClN4. The number of aromatic amines is 1. The summed E-state index contributed by atoms with van der Waals surface area (Å²) < 4.78 is 0.770. The zero-order valence-electron chi connectivity index (χ0n) is 11.8. The fourth-order valence-corrected chi connectivity index (χ4v) is 3.11. The van der Waals surface area contributed by atoms with E-state index in [0.717, 1.165) is 38.2 Å². The summed E-state index contributed by atoms with van der Waals surface area (Å²) in [5.74, 6) is 0. The van der Waals surface area contributed by atoms with Gasteiger partial charge in [0.05, 0.1) is 33.0 Å². The van der Waals surface area contributed by atoms with Gasteiger partial charge in [0.25, 0.3) is 0 Å². The highest BCUT2D eigenvalue weighted by atomic mass is 79.9. The lowest BCUT2D eigenvalue weighted by atomic mass is 10.1. The molecule has 4 heterocycles. The average molecular weight is 386 g/mol. The molecular weight excluding hydrogens is 376 g/mol. The highest BCUT2D eigenvalue weighted by Gasteiger charge is 2.17. The quantitative estimate of drug-likeness (QED) is 0.488. The van der Waals surface area contributed by atoms with Crippen LogP contribution in [0.2, 0.25) is 5.02 Å². The van der Waals surface area contributed by atoms with Gasteiger partial charge in [-0.1, -0.05) is 17.7 Å². The van der Waals surface area contributed by atoms with Crippen molar-refractivity contribution < 1.29 is 0 Å². The Morgan fingerprint density at radius 3 is 2.70 bits per heavy atom. The topological polar surface area (TPSA) is 54.5 Å². The molecule has 0 amide bonds. The maximum Gasteiger partial charge on any atom is 0.106 e. The number of hydrogen-bond donors (Lipinski definition) is 1. The molecule has 0 aliphatic heterocycles. The van der Waals surface area contributed by atoms with Crippen molar-refractivity contribution in [1.29, 1.82) is 0 Å². The predicted molar refractivity (Wildman–Crippen MR) is 95.3 cm³/mol. The van der Waals surface area contributed by atoms with Crippen molar-refractivity contribution in [3.8, 4) is 22.5 Å². The number of H-pyrrole nitrogens is 1. The van der Waals surface area contributed by atoms with E-state index in [2.05, 4.69) is 35.9 Å². The summed E-state index contributed by atoms with van der Waals surface area (Å²) in [6.45, 7) is 0. The van der Waals surface area contributed by atoms with Gasteiger partial charge in [-0.2, -0.15) is 0 Å². The molecule has 112 valence electrons. The number of aromatic nitrogens is 4. The highest BCUT2D eigenvalue weighted by molar-refractivity contribution is 9.10. The lowest BCUT2D eigenvalue weighted by molar-refractivity contribution is 1.27. The Morgan fingerprint density at radius 1 is 1.00 bits per heavy atom. The van der Waals surface area contributed by atoms with Crippen molar-refractivity contribution in [1.82, 2.24) is 19.9 Å². The maximum absolute atomic E-state index is 6.08. The fraction of sp³-hybridized carbons (Fsp3) is 0. The van der Waals surface area contributed by atoms with Crippen LogP contribution in [0.4, 0.5) is 0 Å². The molecule has 1 N–H and O–H groups in total. The van der Waals surface area contributed by atoms with E-state index in [1.807, 2.05) is 36.4 Å². The maximum atomic E-state index is 6.08. The molecule has 0 bridgehead atoms. The standard InChI is InChI=1S/C17H10BrClN4/c18-14-7-10(4-6-21-14)16-15(12-3-1-2-5-20-12)17-13(23-16)8-11(19)9-22-17/h1-9,23H. The lowest BCUT2D eigenvalue weighted by Gasteiger charge is -2.04. The van der Waals surface area contributed by atoms with E-state index in [1.165, 1.54) is 0 Å². The van der Waals surface area contributed by atoms with E-state index < -0.39 is 0 Å². The molecule has 0 spiro atoms. The SMILES string of the molecule is Clc1cnc2c(-c3ccccn3)c(-c3ccnc(Br)c3)[nH]c2c1. The Hall–Kier alpha value is -2.24. The van der Waals surface area contributed by atoms with E-state index >= 15 is 0 Å². The smallest absolute Gasteiger partial charge is 0.106 e. The summed E-state index contributed by atoms with van der Waals surface area (Å²) in [7, 11) is 0. The van der Waals surface area contributed by atoms with Gasteiger partial charge in [-0.3, -0.25) is 9.97 Å². The molecule has 0 saturated carbocycles. The van der Waals surface area contributed by atoms with Crippen LogP contribution in [0.25, 0.3) is 33.5 Å². The molecule has 0 unspecified atom stereocenters. The first-order valence-corrected chi connectivity index (χ1v) is 8.10. The van der Waals surface area contributed by atoms with Gasteiger partial charge in [0.15, 0.2) is 0 Å². The molecule has 0 saturated heterocycles. The van der Waals surface area contributed by atoms with Crippen LogP contribution in [-0.2, 0) is 0 Å². The second-order valence-corrected chi connectivity index (χ2v) is 6.26. The van der Waals surface area contributed by atoms with Crippen LogP contribution < -0.4 is 0 Å². The Bertz CT molecular complexity index is 998. The molecule has 4 aromatic rings. The van der Waals surface area contributed by atoms with Crippen molar-refractivity contribution in [3.05, 3.63) is 64.6 Å². The van der Waals surface area contributed by atoms with Crippen LogP contribution in [0.15, 0.2) is 59.6 Å². The fourth-order valence-electron chi connectivity index (χ4n) is 2.58. The molecule has 4 rings (SSSR count).